The van der Waals surface area contributed by atoms with Crippen LogP contribution in [0.1, 0.15) is 31.2 Å². The molecule has 2 heterocycles. The van der Waals surface area contributed by atoms with Crippen molar-refractivity contribution >= 4 is 11.3 Å². The maximum atomic E-state index is 5.87. The third kappa shape index (κ3) is 1.98. The molecule has 2 bridgehead atoms. The lowest BCUT2D eigenvalue weighted by Crippen LogP contribution is -2.45. The molecule has 0 aliphatic carbocycles. The number of nitrogens with zero attached hydrogens (tertiary/aromatic N) is 1. The molecule has 2 nitrogen and oxygen atoms in total. The van der Waals surface area contributed by atoms with Crippen LogP contribution in [0, 0.1) is 0 Å². The molecule has 0 aromatic heterocycles. The maximum Gasteiger partial charge on any atom is 0.0320 e. The zero-order chi connectivity index (χ0) is 11.8. The summed E-state index contributed by atoms with van der Waals surface area (Å²) in [6, 6.07) is 9.67. The van der Waals surface area contributed by atoms with Gasteiger partial charge in [-0.2, -0.15) is 0 Å². The molecule has 2 heteroatoms. The second-order valence-electron chi connectivity index (χ2n) is 5.34. The van der Waals surface area contributed by atoms with Crippen LogP contribution in [0.4, 0.5) is 5.69 Å². The van der Waals surface area contributed by atoms with E-state index in [0.717, 1.165) is 11.7 Å². The van der Waals surface area contributed by atoms with Crippen molar-refractivity contribution < 1.29 is 0 Å². The number of likely N-dealkylation sites (N-methyl/N-ethyl adjacent to an activating group) is 1. The van der Waals surface area contributed by atoms with Crippen LogP contribution in [-0.2, 0) is 0 Å². The van der Waals surface area contributed by atoms with Gasteiger partial charge in [0, 0.05) is 17.8 Å². The van der Waals surface area contributed by atoms with E-state index < -0.39 is 0 Å². The molecule has 2 N–H and O–H groups in total. The predicted octanol–water partition coefficient (Wildman–Crippen LogP) is 2.91. The van der Waals surface area contributed by atoms with Crippen LogP contribution in [0.5, 0.6) is 0 Å². The Morgan fingerprint density at radius 1 is 1.29 bits per heavy atom. The van der Waals surface area contributed by atoms with Gasteiger partial charge >= 0.3 is 0 Å². The fraction of sp³-hybridized carbons (Fsp3) is 0.467. The Hall–Kier alpha value is -1.28. The van der Waals surface area contributed by atoms with Crippen molar-refractivity contribution in [3.05, 3.63) is 35.9 Å². The average Bonchev–Trinajstić information content (AvgIpc) is 2.28. The lowest BCUT2D eigenvalue weighted by molar-refractivity contribution is 0.137. The normalized spacial score (nSPS) is 28.9. The highest BCUT2D eigenvalue weighted by atomic mass is 15.2. The number of benzene rings is 1. The van der Waals surface area contributed by atoms with Crippen molar-refractivity contribution in [3.63, 3.8) is 0 Å². The molecule has 0 amide bonds. The Bertz CT molecular complexity index is 450. The van der Waals surface area contributed by atoms with Crippen LogP contribution >= 0.6 is 0 Å². The van der Waals surface area contributed by atoms with Gasteiger partial charge in [0.25, 0.3) is 0 Å². The number of nitrogens with two attached hydrogens (primary N) is 1. The van der Waals surface area contributed by atoms with Crippen molar-refractivity contribution in [2.24, 2.45) is 0 Å². The van der Waals surface area contributed by atoms with Gasteiger partial charge in [-0.3, -0.25) is 4.90 Å². The minimum atomic E-state index is 0.638. The van der Waals surface area contributed by atoms with E-state index in [-0.39, 0.29) is 0 Å². The van der Waals surface area contributed by atoms with Crippen LogP contribution in [0.15, 0.2) is 30.3 Å². The lowest BCUT2D eigenvalue weighted by atomic mass is 9.83. The van der Waals surface area contributed by atoms with Crippen LogP contribution in [0.3, 0.4) is 0 Å². The molecule has 2 aliphatic rings. The molecule has 0 saturated carbocycles. The zero-order valence-electron chi connectivity index (χ0n) is 10.4. The predicted molar refractivity (Wildman–Crippen MR) is 72.6 cm³/mol. The number of fused-ring (bicyclic) bond motifs is 2. The summed E-state index contributed by atoms with van der Waals surface area (Å²) in [5.74, 6) is 0. The number of nitrogen functional groups attached to an aromatic ring is 1. The SMILES string of the molecule is CN1C2C=C(c3cccc(N)c3)CC1CCC2. The van der Waals surface area contributed by atoms with E-state index in [4.69, 9.17) is 5.73 Å². The van der Waals surface area contributed by atoms with E-state index in [9.17, 15) is 0 Å². The maximum absolute atomic E-state index is 5.87. The molecule has 1 fully saturated rings. The van der Waals surface area contributed by atoms with Gasteiger partial charge in [0.05, 0.1) is 0 Å². The minimum Gasteiger partial charge on any atom is -0.399 e. The smallest absolute Gasteiger partial charge is 0.0320 e. The highest BCUT2D eigenvalue weighted by Gasteiger charge is 2.31. The molecule has 2 aliphatic heterocycles. The summed E-state index contributed by atoms with van der Waals surface area (Å²) in [7, 11) is 2.27. The minimum absolute atomic E-state index is 0.638. The molecular weight excluding hydrogens is 208 g/mol. The molecule has 17 heavy (non-hydrogen) atoms. The molecule has 1 aromatic rings. The van der Waals surface area contributed by atoms with Crippen LogP contribution in [-0.4, -0.2) is 24.0 Å². The van der Waals surface area contributed by atoms with Crippen molar-refractivity contribution in [2.75, 3.05) is 12.8 Å². The summed E-state index contributed by atoms with van der Waals surface area (Å²) < 4.78 is 0. The van der Waals surface area contributed by atoms with Gasteiger partial charge < -0.3 is 5.73 Å². The van der Waals surface area contributed by atoms with Gasteiger partial charge in [0.2, 0.25) is 0 Å². The van der Waals surface area contributed by atoms with E-state index >= 15 is 0 Å². The first-order chi connectivity index (χ1) is 8.24. The number of anilines is 1. The molecule has 1 saturated heterocycles. The molecule has 0 spiro atoms. The summed E-state index contributed by atoms with van der Waals surface area (Å²) in [5, 5.41) is 0. The van der Waals surface area contributed by atoms with E-state index in [0.29, 0.717) is 6.04 Å². The van der Waals surface area contributed by atoms with Crippen LogP contribution < -0.4 is 5.73 Å². The van der Waals surface area contributed by atoms with Crippen LogP contribution in [0.2, 0.25) is 0 Å². The number of piperidine rings is 1. The number of hydrogen-bond acceptors (Lipinski definition) is 2. The van der Waals surface area contributed by atoms with E-state index in [2.05, 4.69) is 36.2 Å². The first kappa shape index (κ1) is 10.8. The van der Waals surface area contributed by atoms with E-state index in [1.807, 2.05) is 6.07 Å². The Morgan fingerprint density at radius 2 is 2.18 bits per heavy atom. The van der Waals surface area contributed by atoms with Crippen molar-refractivity contribution in [1.82, 2.24) is 4.90 Å². The number of hydrogen-bond donors (Lipinski definition) is 1. The highest BCUT2D eigenvalue weighted by Crippen LogP contribution is 2.36. The molecule has 90 valence electrons. The summed E-state index contributed by atoms with van der Waals surface area (Å²) >= 11 is 0. The first-order valence-corrected chi connectivity index (χ1v) is 6.52. The van der Waals surface area contributed by atoms with Gasteiger partial charge in [-0.1, -0.05) is 24.6 Å². The summed E-state index contributed by atoms with van der Waals surface area (Å²) in [5.41, 5.74) is 9.54. The Labute approximate surface area is 103 Å². The molecule has 2 unspecified atom stereocenters. The fourth-order valence-corrected chi connectivity index (χ4v) is 3.19. The molecule has 2 atom stereocenters. The monoisotopic (exact) mass is 228 g/mol. The molecule has 3 rings (SSSR count). The molecule has 0 radical (unpaired) electrons. The van der Waals surface area contributed by atoms with Gasteiger partial charge in [-0.25, -0.2) is 0 Å². The first-order valence-electron chi connectivity index (χ1n) is 6.52. The summed E-state index contributed by atoms with van der Waals surface area (Å²) in [6.07, 6.45) is 7.65. The van der Waals surface area contributed by atoms with Crippen molar-refractivity contribution in [1.29, 1.82) is 0 Å². The van der Waals surface area contributed by atoms with Gasteiger partial charge in [-0.15, -0.1) is 0 Å². The Morgan fingerprint density at radius 3 is 2.94 bits per heavy atom. The lowest BCUT2D eigenvalue weighted by Gasteiger charge is -2.42. The zero-order valence-corrected chi connectivity index (χ0v) is 10.4. The molecule has 1 aromatic carbocycles. The Balaban J connectivity index is 1.94. The van der Waals surface area contributed by atoms with Crippen LogP contribution in [0.25, 0.3) is 5.57 Å². The standard InChI is InChI=1S/C15H20N2/c1-17-14-6-3-7-15(17)10-12(9-14)11-4-2-5-13(16)8-11/h2,4-5,8-9,14-15H,3,6-7,10,16H2,1H3. The van der Waals surface area contributed by atoms with Crippen molar-refractivity contribution in [2.45, 2.75) is 37.8 Å². The third-order valence-electron chi connectivity index (χ3n) is 4.24. The fourth-order valence-electron chi connectivity index (χ4n) is 3.19. The van der Waals surface area contributed by atoms with Crippen molar-refractivity contribution in [3.8, 4) is 0 Å². The molecular formula is C15H20N2. The number of rotatable bonds is 1. The third-order valence-corrected chi connectivity index (χ3v) is 4.24. The second kappa shape index (κ2) is 4.19. The quantitative estimate of drug-likeness (QED) is 0.749. The second-order valence-corrected chi connectivity index (χ2v) is 5.34. The van der Waals surface area contributed by atoms with E-state index in [1.165, 1.54) is 36.8 Å². The van der Waals surface area contributed by atoms with Gasteiger partial charge in [-0.05, 0) is 49.6 Å². The largest absolute Gasteiger partial charge is 0.399 e. The summed E-state index contributed by atoms with van der Waals surface area (Å²) in [4.78, 5) is 2.54. The van der Waals surface area contributed by atoms with Gasteiger partial charge in [0.1, 0.15) is 0 Å². The average molecular weight is 228 g/mol. The highest BCUT2D eigenvalue weighted by molar-refractivity contribution is 5.70. The Kier molecular flexibility index (Phi) is 2.67. The van der Waals surface area contributed by atoms with Gasteiger partial charge in [0.15, 0.2) is 0 Å². The van der Waals surface area contributed by atoms with E-state index in [1.54, 1.807) is 0 Å². The summed E-state index contributed by atoms with van der Waals surface area (Å²) in [6.45, 7) is 0. The topological polar surface area (TPSA) is 29.3 Å².